The molecule has 1 heterocycles. The summed E-state index contributed by atoms with van der Waals surface area (Å²) in [4.78, 5) is 11.4. The van der Waals surface area contributed by atoms with Gasteiger partial charge in [-0.05, 0) is 61.4 Å². The number of benzene rings is 1. The van der Waals surface area contributed by atoms with Crippen molar-refractivity contribution < 1.29 is 18.5 Å². The van der Waals surface area contributed by atoms with Gasteiger partial charge >= 0.3 is 0 Å². The number of amides is 1. The molecule has 3 rings (SSSR count). The second kappa shape index (κ2) is 7.29. The molecule has 1 aliphatic heterocycles. The summed E-state index contributed by atoms with van der Waals surface area (Å²) in [7, 11) is 0. The predicted molar refractivity (Wildman–Crippen MR) is 94.9 cm³/mol. The molecule has 3 N–H and O–H groups in total. The number of rotatable bonds is 6. The molecular formula is C17H24FN3O3S. The molecule has 1 aliphatic carbocycles. The first-order valence-electron chi connectivity index (χ1n) is 8.59. The molecule has 0 aromatic heterocycles. The molecule has 0 radical (unpaired) electrons. The maximum absolute atomic E-state index is 15.0. The van der Waals surface area contributed by atoms with Crippen molar-refractivity contribution in [2.75, 3.05) is 23.9 Å². The van der Waals surface area contributed by atoms with Gasteiger partial charge in [-0.15, -0.1) is 0 Å². The van der Waals surface area contributed by atoms with Crippen LogP contribution in [-0.4, -0.2) is 34.9 Å². The minimum atomic E-state index is -1.86. The third-order valence-electron chi connectivity index (χ3n) is 4.68. The number of nitrogens with one attached hydrogen (secondary N) is 2. The Kier molecular flexibility index (Phi) is 5.29. The average molecular weight is 369 g/mol. The zero-order valence-corrected chi connectivity index (χ0v) is 15.3. The van der Waals surface area contributed by atoms with Crippen LogP contribution in [0.25, 0.3) is 0 Å². The van der Waals surface area contributed by atoms with Gasteiger partial charge in [-0.3, -0.25) is 13.8 Å². The average Bonchev–Trinajstić information content (AvgIpc) is 3.07. The smallest absolute Gasteiger partial charge is 0.253 e. The van der Waals surface area contributed by atoms with Crippen LogP contribution in [0, 0.1) is 17.7 Å². The van der Waals surface area contributed by atoms with Gasteiger partial charge in [0.2, 0.25) is 11.2 Å². The lowest BCUT2D eigenvalue weighted by Gasteiger charge is -2.18. The van der Waals surface area contributed by atoms with Gasteiger partial charge in [-0.2, -0.15) is 0 Å². The van der Waals surface area contributed by atoms with Gasteiger partial charge in [-0.25, -0.2) is 8.60 Å². The van der Waals surface area contributed by atoms with E-state index in [-0.39, 0.29) is 23.9 Å². The van der Waals surface area contributed by atoms with Crippen molar-refractivity contribution in [3.63, 3.8) is 0 Å². The maximum atomic E-state index is 15.0. The Morgan fingerprint density at radius 2 is 2.24 bits per heavy atom. The fraction of sp³-hybridized carbons (Fsp3) is 0.588. The van der Waals surface area contributed by atoms with Crippen molar-refractivity contribution in [2.24, 2.45) is 11.8 Å². The third kappa shape index (κ3) is 3.79. The zero-order valence-electron chi connectivity index (χ0n) is 14.5. The van der Waals surface area contributed by atoms with Crippen LogP contribution in [0.2, 0.25) is 0 Å². The summed E-state index contributed by atoms with van der Waals surface area (Å²) in [5.41, 5.74) is 1.20. The number of halogens is 1. The predicted octanol–water partition coefficient (Wildman–Crippen LogP) is 1.40. The quantitative estimate of drug-likeness (QED) is 0.662. The van der Waals surface area contributed by atoms with E-state index >= 15 is 0 Å². The van der Waals surface area contributed by atoms with E-state index in [1.165, 1.54) is 0 Å². The third-order valence-corrected chi connectivity index (χ3v) is 5.80. The van der Waals surface area contributed by atoms with Crippen molar-refractivity contribution >= 4 is 22.8 Å². The first-order valence-corrected chi connectivity index (χ1v) is 9.70. The van der Waals surface area contributed by atoms with Crippen LogP contribution >= 0.6 is 0 Å². The van der Waals surface area contributed by atoms with E-state index in [1.54, 1.807) is 6.07 Å². The Morgan fingerprint density at radius 3 is 2.88 bits per heavy atom. The summed E-state index contributed by atoms with van der Waals surface area (Å²) in [5, 5.41) is 13.6. The molecule has 1 saturated heterocycles. The maximum Gasteiger partial charge on any atom is 0.253 e. The Balaban J connectivity index is 1.73. The number of fused-ring (bicyclic) bond motifs is 1. The summed E-state index contributed by atoms with van der Waals surface area (Å²) in [6.07, 6.45) is 2.38. The van der Waals surface area contributed by atoms with Gasteiger partial charge in [0.15, 0.2) is 5.82 Å². The number of anilines is 1. The topological polar surface area (TPSA) is 81.7 Å². The molecule has 2 unspecified atom stereocenters. The highest BCUT2D eigenvalue weighted by Gasteiger charge is 2.35. The molecule has 138 valence electrons. The normalized spacial score (nSPS) is 22.6. The zero-order chi connectivity index (χ0) is 18.1. The summed E-state index contributed by atoms with van der Waals surface area (Å²) >= 11 is -1.86. The lowest BCUT2D eigenvalue weighted by Crippen LogP contribution is -2.25. The summed E-state index contributed by atoms with van der Waals surface area (Å²) in [6, 6.07) is 1.54. The molecule has 1 fully saturated rings. The van der Waals surface area contributed by atoms with Crippen LogP contribution in [0.3, 0.4) is 0 Å². The largest absolute Gasteiger partial charge is 0.506 e. The Labute approximate surface area is 149 Å². The molecule has 1 aromatic carbocycles. The fourth-order valence-corrected chi connectivity index (χ4v) is 4.35. The van der Waals surface area contributed by atoms with E-state index in [4.69, 9.17) is 0 Å². The van der Waals surface area contributed by atoms with Gasteiger partial charge in [-0.1, -0.05) is 13.8 Å². The van der Waals surface area contributed by atoms with Crippen molar-refractivity contribution in [3.8, 4) is 5.75 Å². The van der Waals surface area contributed by atoms with Gasteiger partial charge in [0.05, 0.1) is 0 Å². The summed E-state index contributed by atoms with van der Waals surface area (Å²) in [6.45, 7) is 5.86. The molecule has 6 nitrogen and oxygen atoms in total. The van der Waals surface area contributed by atoms with E-state index in [2.05, 4.69) is 23.9 Å². The summed E-state index contributed by atoms with van der Waals surface area (Å²) < 4.78 is 30.1. The lowest BCUT2D eigenvalue weighted by atomic mass is 10.1. The number of hydrogen-bond donors (Lipinski definition) is 3. The molecule has 2 atom stereocenters. The molecule has 1 aromatic rings. The van der Waals surface area contributed by atoms with Crippen molar-refractivity contribution in [1.29, 1.82) is 0 Å². The highest BCUT2D eigenvalue weighted by molar-refractivity contribution is 7.85. The van der Waals surface area contributed by atoms with Gasteiger partial charge in [0, 0.05) is 0 Å². The Bertz CT molecular complexity index is 711. The molecular weight excluding hydrogens is 345 g/mol. The van der Waals surface area contributed by atoms with E-state index < -0.39 is 22.9 Å². The van der Waals surface area contributed by atoms with E-state index in [0.29, 0.717) is 24.3 Å². The van der Waals surface area contributed by atoms with Gasteiger partial charge < -0.3 is 10.4 Å². The monoisotopic (exact) mass is 369 g/mol. The van der Waals surface area contributed by atoms with Crippen LogP contribution in [-0.2, 0) is 28.8 Å². The number of carbonyl (C=O) groups excluding carboxylic acids is 1. The Morgan fingerprint density at radius 1 is 1.48 bits per heavy atom. The molecule has 0 bridgehead atoms. The van der Waals surface area contributed by atoms with Crippen LogP contribution in [0.5, 0.6) is 5.75 Å². The lowest BCUT2D eigenvalue weighted by molar-refractivity contribution is -0.117. The SMILES string of the molecule is CC(C)CCNCC1Cc2cc(O)c(N3CC(=O)NS3=O)c(F)c2C1. The van der Waals surface area contributed by atoms with E-state index in [9.17, 15) is 18.5 Å². The van der Waals surface area contributed by atoms with Gasteiger partial charge in [0.1, 0.15) is 18.0 Å². The molecule has 0 spiro atoms. The molecule has 8 heteroatoms. The van der Waals surface area contributed by atoms with Crippen molar-refractivity contribution in [3.05, 3.63) is 23.0 Å². The first kappa shape index (κ1) is 18.1. The van der Waals surface area contributed by atoms with Crippen LogP contribution < -0.4 is 14.3 Å². The molecule has 25 heavy (non-hydrogen) atoms. The minimum absolute atomic E-state index is 0.149. The van der Waals surface area contributed by atoms with E-state index in [0.717, 1.165) is 29.4 Å². The highest BCUT2D eigenvalue weighted by atomic mass is 32.2. The second-order valence-corrected chi connectivity index (χ2v) is 8.31. The number of aromatic hydroxyl groups is 1. The Hall–Kier alpha value is -1.67. The van der Waals surface area contributed by atoms with Crippen LogP contribution in [0.15, 0.2) is 6.07 Å². The van der Waals surface area contributed by atoms with E-state index in [1.807, 2.05) is 0 Å². The number of hydrogen-bond acceptors (Lipinski definition) is 4. The molecule has 2 aliphatic rings. The van der Waals surface area contributed by atoms with Crippen LogP contribution in [0.1, 0.15) is 31.4 Å². The first-order chi connectivity index (χ1) is 11.9. The van der Waals surface area contributed by atoms with Crippen LogP contribution in [0.4, 0.5) is 10.1 Å². The number of phenols is 1. The molecule has 1 amide bonds. The summed E-state index contributed by atoms with van der Waals surface area (Å²) in [5.74, 6) is -0.373. The number of carbonyl (C=O) groups is 1. The highest BCUT2D eigenvalue weighted by Crippen LogP contribution is 2.40. The number of nitrogens with zero attached hydrogens (tertiary/aromatic N) is 1. The van der Waals surface area contributed by atoms with Gasteiger partial charge in [0.25, 0.3) is 5.91 Å². The van der Waals surface area contributed by atoms with Crippen molar-refractivity contribution in [1.82, 2.24) is 10.0 Å². The second-order valence-electron chi connectivity index (χ2n) is 7.17. The minimum Gasteiger partial charge on any atom is -0.506 e. The molecule has 0 saturated carbocycles. The standard InChI is InChI=1S/C17H24FN3O3S/c1-10(2)3-4-19-8-11-5-12-7-14(22)17(16(18)13(12)6-11)21-9-15(23)20-25(21)24/h7,10-11,19,22H,3-6,8-9H2,1-2H3,(H,20,23). The van der Waals surface area contributed by atoms with Crippen molar-refractivity contribution in [2.45, 2.75) is 33.1 Å². The fourth-order valence-electron chi connectivity index (χ4n) is 3.41. The number of phenolic OH excluding ortho intramolecular Hbond substituents is 1.